The highest BCUT2D eigenvalue weighted by Gasteiger charge is 2.04. The van der Waals surface area contributed by atoms with Crippen molar-refractivity contribution >= 4 is 8.05 Å². The van der Waals surface area contributed by atoms with Crippen molar-refractivity contribution in [3.63, 3.8) is 0 Å². The molecule has 0 bridgehead atoms. The van der Waals surface area contributed by atoms with E-state index in [2.05, 4.69) is 18.5 Å². The lowest BCUT2D eigenvalue weighted by Gasteiger charge is -2.13. The third kappa shape index (κ3) is 6.42. The molecule has 0 aromatic rings. The van der Waals surface area contributed by atoms with E-state index in [0.29, 0.717) is 6.61 Å². The molecule has 0 aliphatic heterocycles. The summed E-state index contributed by atoms with van der Waals surface area (Å²) >= 11 is 0. The van der Waals surface area contributed by atoms with E-state index in [1.807, 2.05) is 0 Å². The van der Waals surface area contributed by atoms with Gasteiger partial charge in [-0.1, -0.05) is 39.5 Å². The zero-order valence-corrected chi connectivity index (χ0v) is 7.81. The summed E-state index contributed by atoms with van der Waals surface area (Å²) in [5, 5.41) is 0. The summed E-state index contributed by atoms with van der Waals surface area (Å²) in [4.78, 5) is 0. The van der Waals surface area contributed by atoms with Gasteiger partial charge in [-0.2, -0.15) is 0 Å². The molecule has 0 unspecified atom stereocenters. The summed E-state index contributed by atoms with van der Waals surface area (Å²) in [6.07, 6.45) is 6.30. The van der Waals surface area contributed by atoms with Gasteiger partial charge in [0.1, 0.15) is 0 Å². The van der Waals surface area contributed by atoms with Crippen LogP contribution in [0.15, 0.2) is 0 Å². The van der Waals surface area contributed by atoms with Crippen LogP contribution in [-0.4, -0.2) is 14.7 Å². The molecule has 0 N–H and O–H groups in total. The second-order valence-corrected chi connectivity index (χ2v) is 3.10. The molecule has 0 aliphatic carbocycles. The van der Waals surface area contributed by atoms with Crippen molar-refractivity contribution < 1.29 is 4.65 Å². The lowest BCUT2D eigenvalue weighted by Crippen LogP contribution is -2.04. The lowest BCUT2D eigenvalue weighted by atomic mass is 9.95. The van der Waals surface area contributed by atoms with Crippen molar-refractivity contribution in [2.24, 2.45) is 5.92 Å². The van der Waals surface area contributed by atoms with Gasteiger partial charge in [-0.05, 0) is 12.3 Å². The minimum atomic E-state index is 0.713. The first-order valence-corrected chi connectivity index (χ1v) is 4.66. The van der Waals surface area contributed by atoms with Gasteiger partial charge in [-0.25, -0.2) is 0 Å². The average molecular weight is 154 g/mol. The van der Waals surface area contributed by atoms with E-state index in [1.54, 1.807) is 0 Å². The third-order valence-corrected chi connectivity index (χ3v) is 2.04. The van der Waals surface area contributed by atoms with E-state index < -0.39 is 0 Å². The Kier molecular flexibility index (Phi) is 8.14. The molecule has 0 spiro atoms. The summed E-state index contributed by atoms with van der Waals surface area (Å²) in [6.45, 7) is 5.17. The predicted molar refractivity (Wildman–Crippen MR) is 49.6 cm³/mol. The van der Waals surface area contributed by atoms with Gasteiger partial charge in [0.25, 0.3) is 8.05 Å². The SMILES string of the molecule is [B]OCCC(CCC)CCC. The van der Waals surface area contributed by atoms with Crippen LogP contribution < -0.4 is 0 Å². The smallest absolute Gasteiger partial charge is 0.282 e. The van der Waals surface area contributed by atoms with Crippen LogP contribution in [0.5, 0.6) is 0 Å². The second kappa shape index (κ2) is 8.12. The molecule has 0 amide bonds. The van der Waals surface area contributed by atoms with Crippen LogP contribution in [-0.2, 0) is 4.65 Å². The highest BCUT2D eigenvalue weighted by Crippen LogP contribution is 2.16. The quantitative estimate of drug-likeness (QED) is 0.512. The fourth-order valence-corrected chi connectivity index (χ4v) is 1.48. The second-order valence-electron chi connectivity index (χ2n) is 3.10. The predicted octanol–water partition coefficient (Wildman–Crippen LogP) is 2.69. The molecule has 1 nitrogen and oxygen atoms in total. The van der Waals surface area contributed by atoms with Crippen molar-refractivity contribution in [2.45, 2.75) is 46.0 Å². The minimum absolute atomic E-state index is 0.713. The standard InChI is InChI=1S/C9H19BO/c1-3-5-9(6-4-2)7-8-11-10/h9H,3-8H2,1-2H3. The molecule has 2 heteroatoms. The molecule has 0 heterocycles. The lowest BCUT2D eigenvalue weighted by molar-refractivity contribution is 0.282. The molecule has 0 aromatic carbocycles. The Morgan fingerprint density at radius 3 is 2.00 bits per heavy atom. The summed E-state index contributed by atoms with van der Waals surface area (Å²) in [6, 6.07) is 0. The van der Waals surface area contributed by atoms with Crippen molar-refractivity contribution in [1.82, 2.24) is 0 Å². The van der Waals surface area contributed by atoms with Crippen LogP contribution in [0.1, 0.15) is 46.0 Å². The number of hydrogen-bond donors (Lipinski definition) is 0. The fraction of sp³-hybridized carbons (Fsp3) is 1.00. The minimum Gasteiger partial charge on any atom is -0.448 e. The molecule has 0 aromatic heterocycles. The van der Waals surface area contributed by atoms with E-state index in [1.165, 1.54) is 25.7 Å². The van der Waals surface area contributed by atoms with E-state index in [4.69, 9.17) is 8.05 Å². The molecule has 64 valence electrons. The van der Waals surface area contributed by atoms with Gasteiger partial charge in [0, 0.05) is 6.61 Å². The summed E-state index contributed by atoms with van der Waals surface area (Å²) in [7, 11) is 4.97. The van der Waals surface area contributed by atoms with Gasteiger partial charge in [-0.15, -0.1) is 0 Å². The zero-order valence-electron chi connectivity index (χ0n) is 7.81. The highest BCUT2D eigenvalue weighted by molar-refractivity contribution is 5.97. The molecule has 0 fully saturated rings. The van der Waals surface area contributed by atoms with Gasteiger partial charge in [-0.3, -0.25) is 0 Å². The molecule has 0 rings (SSSR count). The van der Waals surface area contributed by atoms with Gasteiger partial charge in [0.05, 0.1) is 0 Å². The Hall–Kier alpha value is 0.0249. The monoisotopic (exact) mass is 154 g/mol. The summed E-state index contributed by atoms with van der Waals surface area (Å²) < 4.78 is 4.56. The Balaban J connectivity index is 3.34. The maximum Gasteiger partial charge on any atom is 0.282 e. The Morgan fingerprint density at radius 1 is 1.09 bits per heavy atom. The molecule has 2 radical (unpaired) electrons. The van der Waals surface area contributed by atoms with E-state index in [-0.39, 0.29) is 0 Å². The number of rotatable bonds is 7. The van der Waals surface area contributed by atoms with Gasteiger partial charge >= 0.3 is 0 Å². The van der Waals surface area contributed by atoms with E-state index in [0.717, 1.165) is 12.3 Å². The van der Waals surface area contributed by atoms with Crippen molar-refractivity contribution in [3.05, 3.63) is 0 Å². The first-order chi connectivity index (χ1) is 5.35. The topological polar surface area (TPSA) is 9.23 Å². The summed E-state index contributed by atoms with van der Waals surface area (Å²) in [5.74, 6) is 0.827. The Morgan fingerprint density at radius 2 is 1.64 bits per heavy atom. The Bertz CT molecular complexity index is 70.0. The highest BCUT2D eigenvalue weighted by atomic mass is 16.4. The largest absolute Gasteiger partial charge is 0.448 e. The van der Waals surface area contributed by atoms with Crippen molar-refractivity contribution in [3.8, 4) is 0 Å². The average Bonchev–Trinajstić information content (AvgIpc) is 2.01. The third-order valence-electron chi connectivity index (χ3n) is 2.04. The molecule has 0 saturated heterocycles. The molecule has 0 aliphatic rings. The molecule has 11 heavy (non-hydrogen) atoms. The van der Waals surface area contributed by atoms with E-state index in [9.17, 15) is 0 Å². The zero-order chi connectivity index (χ0) is 8.53. The molecular weight excluding hydrogens is 135 g/mol. The van der Waals surface area contributed by atoms with Gasteiger partial charge in [0.2, 0.25) is 0 Å². The van der Waals surface area contributed by atoms with Crippen LogP contribution in [0.2, 0.25) is 0 Å². The van der Waals surface area contributed by atoms with Crippen LogP contribution in [0.25, 0.3) is 0 Å². The summed E-state index contributed by atoms with van der Waals surface area (Å²) in [5.41, 5.74) is 0. The van der Waals surface area contributed by atoms with Crippen molar-refractivity contribution in [1.29, 1.82) is 0 Å². The van der Waals surface area contributed by atoms with Gasteiger partial charge in [0.15, 0.2) is 0 Å². The molecule has 0 saturated carbocycles. The number of hydrogen-bond acceptors (Lipinski definition) is 1. The first kappa shape index (κ1) is 11.0. The molecular formula is C9H19BO. The van der Waals surface area contributed by atoms with Crippen LogP contribution >= 0.6 is 0 Å². The van der Waals surface area contributed by atoms with Crippen LogP contribution in [0.3, 0.4) is 0 Å². The molecule has 0 atom stereocenters. The van der Waals surface area contributed by atoms with Gasteiger partial charge < -0.3 is 4.65 Å². The maximum absolute atomic E-state index is 4.97. The van der Waals surface area contributed by atoms with Crippen LogP contribution in [0.4, 0.5) is 0 Å². The van der Waals surface area contributed by atoms with Crippen molar-refractivity contribution in [2.75, 3.05) is 6.61 Å². The maximum atomic E-state index is 4.97. The van der Waals surface area contributed by atoms with Crippen LogP contribution in [0, 0.1) is 5.92 Å². The van der Waals surface area contributed by atoms with E-state index >= 15 is 0 Å². The first-order valence-electron chi connectivity index (χ1n) is 4.66. The Labute approximate surface area is 72.0 Å². The fourth-order valence-electron chi connectivity index (χ4n) is 1.48. The normalized spacial score (nSPS) is 10.8.